The number of ketones is 1. The van der Waals surface area contributed by atoms with E-state index in [1.54, 1.807) is 26.0 Å². The van der Waals surface area contributed by atoms with Crippen LogP contribution in [0.1, 0.15) is 12.5 Å². The lowest BCUT2D eigenvalue weighted by molar-refractivity contribution is -0.139. The van der Waals surface area contributed by atoms with Gasteiger partial charge in [-0.15, -0.1) is 0 Å². The highest BCUT2D eigenvalue weighted by Gasteiger charge is 2.33. The lowest BCUT2D eigenvalue weighted by Gasteiger charge is -2.28. The van der Waals surface area contributed by atoms with E-state index in [0.717, 1.165) is 5.56 Å². The van der Waals surface area contributed by atoms with Crippen LogP contribution < -0.4 is 0 Å². The number of likely N-dealkylation sites (N-methyl/N-ethyl adjacent to an activating group) is 1. The number of methoxy groups -OCH3 is 1. The van der Waals surface area contributed by atoms with Gasteiger partial charge in [-0.25, -0.2) is 4.79 Å². The Labute approximate surface area is 148 Å². The van der Waals surface area contributed by atoms with Gasteiger partial charge < -0.3 is 19.4 Å². The number of carbonyl (C=O) groups excluding carboxylic acids is 3. The van der Waals surface area contributed by atoms with Crippen LogP contribution in [0.2, 0.25) is 0 Å². The minimum atomic E-state index is -0.600. The van der Waals surface area contributed by atoms with E-state index in [1.165, 1.54) is 9.80 Å². The van der Waals surface area contributed by atoms with Crippen LogP contribution in [0.3, 0.4) is 0 Å². The minimum absolute atomic E-state index is 0.0354. The van der Waals surface area contributed by atoms with Crippen LogP contribution in [0.4, 0.5) is 4.79 Å². The lowest BCUT2D eigenvalue weighted by Crippen LogP contribution is -2.46. The molecule has 1 aromatic carbocycles. The second kappa shape index (κ2) is 8.62. The van der Waals surface area contributed by atoms with Crippen LogP contribution in [0.15, 0.2) is 30.3 Å². The van der Waals surface area contributed by atoms with Crippen LogP contribution in [0.25, 0.3) is 0 Å². The average Bonchev–Trinajstić information content (AvgIpc) is 2.63. The van der Waals surface area contributed by atoms with Crippen LogP contribution in [-0.4, -0.2) is 78.9 Å². The van der Waals surface area contributed by atoms with Crippen molar-refractivity contribution in [2.75, 3.05) is 40.4 Å². The molecule has 1 aliphatic heterocycles. The van der Waals surface area contributed by atoms with E-state index in [1.807, 2.05) is 30.3 Å². The van der Waals surface area contributed by atoms with Crippen molar-refractivity contribution in [1.29, 1.82) is 0 Å². The molecule has 0 aliphatic carbocycles. The zero-order valence-electron chi connectivity index (χ0n) is 15.0. The summed E-state index contributed by atoms with van der Waals surface area (Å²) < 4.78 is 5.01. The molecule has 1 saturated heterocycles. The van der Waals surface area contributed by atoms with Crippen molar-refractivity contribution in [3.05, 3.63) is 35.9 Å². The maximum atomic E-state index is 12.7. The Morgan fingerprint density at radius 1 is 1.12 bits per heavy atom. The maximum Gasteiger partial charge on any atom is 0.320 e. The molecule has 0 aromatic heterocycles. The molecule has 1 fully saturated rings. The smallest absolute Gasteiger partial charge is 0.320 e. The fraction of sp³-hybridized carbons (Fsp3) is 0.500. The van der Waals surface area contributed by atoms with Crippen molar-refractivity contribution in [3.8, 4) is 0 Å². The minimum Gasteiger partial charge on any atom is -0.383 e. The number of hydrogen-bond donors (Lipinski definition) is 0. The molecule has 7 heteroatoms. The molecule has 0 bridgehead atoms. The molecule has 1 heterocycles. The molecule has 0 spiro atoms. The number of hydrogen-bond acceptors (Lipinski definition) is 4. The molecule has 136 valence electrons. The van der Waals surface area contributed by atoms with Crippen molar-refractivity contribution in [2.24, 2.45) is 0 Å². The summed E-state index contributed by atoms with van der Waals surface area (Å²) in [4.78, 5) is 42.2. The molecule has 3 amide bonds. The van der Waals surface area contributed by atoms with Crippen LogP contribution in [-0.2, 0) is 20.9 Å². The molecule has 1 aromatic rings. The summed E-state index contributed by atoms with van der Waals surface area (Å²) in [6.45, 7) is 2.60. The molecule has 25 heavy (non-hydrogen) atoms. The van der Waals surface area contributed by atoms with E-state index >= 15 is 0 Å². The molecular weight excluding hydrogens is 322 g/mol. The molecule has 0 N–H and O–H groups in total. The number of urea groups is 1. The Kier molecular flexibility index (Phi) is 6.52. The van der Waals surface area contributed by atoms with Gasteiger partial charge in [-0.1, -0.05) is 30.3 Å². The highest BCUT2D eigenvalue weighted by atomic mass is 16.5. The molecule has 0 saturated carbocycles. The van der Waals surface area contributed by atoms with E-state index in [0.29, 0.717) is 19.7 Å². The van der Waals surface area contributed by atoms with Crippen molar-refractivity contribution in [1.82, 2.24) is 14.7 Å². The van der Waals surface area contributed by atoms with E-state index in [2.05, 4.69) is 0 Å². The highest BCUT2D eigenvalue weighted by Crippen LogP contribution is 2.13. The first-order valence-corrected chi connectivity index (χ1v) is 8.29. The highest BCUT2D eigenvalue weighted by molar-refractivity contribution is 5.95. The van der Waals surface area contributed by atoms with Gasteiger partial charge in [0.2, 0.25) is 5.91 Å². The van der Waals surface area contributed by atoms with Crippen molar-refractivity contribution in [2.45, 2.75) is 19.5 Å². The largest absolute Gasteiger partial charge is 0.383 e. The topological polar surface area (TPSA) is 70.2 Å². The fourth-order valence-corrected chi connectivity index (χ4v) is 2.76. The molecule has 7 nitrogen and oxygen atoms in total. The predicted octanol–water partition coefficient (Wildman–Crippen LogP) is 0.987. The summed E-state index contributed by atoms with van der Waals surface area (Å²) in [5.41, 5.74) is 0.944. The van der Waals surface area contributed by atoms with E-state index in [9.17, 15) is 14.4 Å². The second-order valence-electron chi connectivity index (χ2n) is 6.20. The summed E-state index contributed by atoms with van der Waals surface area (Å²) in [6.07, 6.45) is 0. The van der Waals surface area contributed by atoms with Gasteiger partial charge in [0, 0.05) is 27.2 Å². The Balaban J connectivity index is 2.24. The van der Waals surface area contributed by atoms with E-state index < -0.39 is 6.04 Å². The standard InChI is InChI=1S/C18H25N3O4/c1-14-16(22)12-20(9-10-25-3)18(24)19(2)13-17(23)21(14)11-15-7-5-4-6-8-15/h4-8,14H,9-13H2,1-3H3/t14-/m0/s1. The summed E-state index contributed by atoms with van der Waals surface area (Å²) in [7, 11) is 3.11. The zero-order chi connectivity index (χ0) is 18.4. The Hall–Kier alpha value is -2.41. The van der Waals surface area contributed by atoms with E-state index in [-0.39, 0.29) is 30.8 Å². The van der Waals surface area contributed by atoms with Gasteiger partial charge in [-0.2, -0.15) is 0 Å². The zero-order valence-corrected chi connectivity index (χ0v) is 15.0. The first-order chi connectivity index (χ1) is 11.9. The number of nitrogens with zero attached hydrogens (tertiary/aromatic N) is 3. The summed E-state index contributed by atoms with van der Waals surface area (Å²) in [5.74, 6) is -0.404. The number of ether oxygens (including phenoxy) is 1. The number of amides is 3. The lowest BCUT2D eigenvalue weighted by atomic mass is 10.1. The van der Waals surface area contributed by atoms with Gasteiger partial charge >= 0.3 is 6.03 Å². The maximum absolute atomic E-state index is 12.7. The Bertz CT molecular complexity index is 620. The number of rotatable bonds is 5. The quantitative estimate of drug-likeness (QED) is 0.796. The number of benzene rings is 1. The first kappa shape index (κ1) is 18.9. The summed E-state index contributed by atoms with van der Waals surface area (Å²) >= 11 is 0. The third kappa shape index (κ3) is 4.79. The van der Waals surface area contributed by atoms with Gasteiger partial charge in [0.15, 0.2) is 5.78 Å². The fourth-order valence-electron chi connectivity index (χ4n) is 2.76. The molecule has 0 radical (unpaired) electrons. The van der Waals surface area contributed by atoms with Gasteiger partial charge in [0.05, 0.1) is 19.2 Å². The van der Waals surface area contributed by atoms with Crippen LogP contribution in [0, 0.1) is 0 Å². The van der Waals surface area contributed by atoms with Crippen molar-refractivity contribution < 1.29 is 19.1 Å². The van der Waals surface area contributed by atoms with Crippen LogP contribution >= 0.6 is 0 Å². The summed E-state index contributed by atoms with van der Waals surface area (Å²) in [6, 6.07) is 8.58. The normalized spacial score (nSPS) is 19.7. The number of Topliss-reactive ketones (excluding diaryl/α,β-unsaturated/α-hetero) is 1. The third-order valence-electron chi connectivity index (χ3n) is 4.33. The molecule has 1 atom stereocenters. The monoisotopic (exact) mass is 347 g/mol. The van der Waals surface area contributed by atoms with E-state index in [4.69, 9.17) is 4.74 Å². The first-order valence-electron chi connectivity index (χ1n) is 8.29. The third-order valence-corrected chi connectivity index (χ3v) is 4.33. The van der Waals surface area contributed by atoms with Gasteiger partial charge in [-0.05, 0) is 12.5 Å². The Morgan fingerprint density at radius 3 is 2.44 bits per heavy atom. The van der Waals surface area contributed by atoms with Gasteiger partial charge in [-0.3, -0.25) is 9.59 Å². The van der Waals surface area contributed by atoms with Crippen molar-refractivity contribution >= 4 is 17.7 Å². The SMILES string of the molecule is COCCN1CC(=O)[C@H](C)N(Cc2ccccc2)C(=O)CN(C)C1=O. The molecule has 0 unspecified atom stereocenters. The molecule has 2 rings (SSSR count). The molecule has 1 aliphatic rings. The van der Waals surface area contributed by atoms with Crippen LogP contribution in [0.5, 0.6) is 0 Å². The molecular formula is C18H25N3O4. The van der Waals surface area contributed by atoms with Gasteiger partial charge in [0.1, 0.15) is 6.54 Å². The Morgan fingerprint density at radius 2 is 1.80 bits per heavy atom. The van der Waals surface area contributed by atoms with Gasteiger partial charge in [0.25, 0.3) is 0 Å². The second-order valence-corrected chi connectivity index (χ2v) is 6.20. The average molecular weight is 347 g/mol. The number of carbonyl (C=O) groups is 3. The predicted molar refractivity (Wildman–Crippen MR) is 92.9 cm³/mol. The van der Waals surface area contributed by atoms with Crippen molar-refractivity contribution in [3.63, 3.8) is 0 Å². The summed E-state index contributed by atoms with van der Waals surface area (Å²) in [5, 5.41) is 0.